The first-order chi connectivity index (χ1) is 9.54. The molecule has 0 saturated heterocycles. The largest absolute Gasteiger partial charge is 0.462 e. The van der Waals surface area contributed by atoms with E-state index in [2.05, 4.69) is 9.97 Å². The quantitative estimate of drug-likeness (QED) is 0.721. The number of carbonyl (C=O) groups excluding carboxylic acids is 1. The number of alkyl halides is 2. The van der Waals surface area contributed by atoms with Crippen molar-refractivity contribution in [2.45, 2.75) is 39.7 Å². The molecule has 7 heteroatoms. The zero-order chi connectivity index (χ0) is 15.1. The summed E-state index contributed by atoms with van der Waals surface area (Å²) in [6.07, 6.45) is -1.72. The van der Waals surface area contributed by atoms with E-state index in [1.807, 2.05) is 6.92 Å². The average Bonchev–Trinajstić information content (AvgIpc) is 2.44. The highest BCUT2D eigenvalue weighted by Crippen LogP contribution is 2.24. The molecule has 1 rings (SSSR count). The van der Waals surface area contributed by atoms with Crippen LogP contribution in [0.25, 0.3) is 0 Å². The van der Waals surface area contributed by atoms with Gasteiger partial charge >= 0.3 is 5.97 Å². The van der Waals surface area contributed by atoms with Gasteiger partial charge < -0.3 is 9.47 Å². The average molecular weight is 288 g/mol. The molecule has 0 aliphatic heterocycles. The Labute approximate surface area is 116 Å². The van der Waals surface area contributed by atoms with Crippen molar-refractivity contribution in [1.82, 2.24) is 9.97 Å². The van der Waals surface area contributed by atoms with E-state index in [4.69, 9.17) is 9.47 Å². The van der Waals surface area contributed by atoms with Gasteiger partial charge in [0, 0.05) is 12.8 Å². The highest BCUT2D eigenvalue weighted by molar-refractivity contribution is 5.90. The number of hydrogen-bond donors (Lipinski definition) is 0. The highest BCUT2D eigenvalue weighted by atomic mass is 19.3. The molecule has 0 N–H and O–H groups in total. The Bertz CT molecular complexity index is 455. The van der Waals surface area contributed by atoms with Crippen molar-refractivity contribution in [3.8, 4) is 0 Å². The van der Waals surface area contributed by atoms with Crippen LogP contribution in [0.2, 0.25) is 0 Å². The van der Waals surface area contributed by atoms with Gasteiger partial charge in [0.2, 0.25) is 0 Å². The SMILES string of the molecule is CCOC(=O)c1cnc(C(CC)OCC)nc1C(F)F. The zero-order valence-electron chi connectivity index (χ0n) is 11.7. The fraction of sp³-hybridized carbons (Fsp3) is 0.615. The summed E-state index contributed by atoms with van der Waals surface area (Å²) in [4.78, 5) is 19.3. The molecule has 1 atom stereocenters. The first-order valence-electron chi connectivity index (χ1n) is 6.48. The van der Waals surface area contributed by atoms with Crippen molar-refractivity contribution in [3.63, 3.8) is 0 Å². The summed E-state index contributed by atoms with van der Waals surface area (Å²) >= 11 is 0. The smallest absolute Gasteiger partial charge is 0.341 e. The molecule has 1 unspecified atom stereocenters. The van der Waals surface area contributed by atoms with E-state index in [1.54, 1.807) is 13.8 Å². The Balaban J connectivity index is 3.15. The molecule has 0 fully saturated rings. The van der Waals surface area contributed by atoms with Crippen molar-refractivity contribution < 1.29 is 23.0 Å². The van der Waals surface area contributed by atoms with Crippen molar-refractivity contribution in [1.29, 1.82) is 0 Å². The van der Waals surface area contributed by atoms with Crippen molar-refractivity contribution in [2.75, 3.05) is 13.2 Å². The number of ether oxygens (including phenoxy) is 2. The minimum Gasteiger partial charge on any atom is -0.462 e. The summed E-state index contributed by atoms with van der Waals surface area (Å²) in [5.41, 5.74) is -0.927. The van der Waals surface area contributed by atoms with Gasteiger partial charge in [0.1, 0.15) is 17.4 Å². The molecule has 1 aromatic heterocycles. The van der Waals surface area contributed by atoms with Crippen LogP contribution in [0.3, 0.4) is 0 Å². The molecule has 112 valence electrons. The lowest BCUT2D eigenvalue weighted by Gasteiger charge is -2.15. The summed E-state index contributed by atoms with van der Waals surface area (Å²) in [6.45, 7) is 5.75. The standard InChI is InChI=1S/C13H18F2N2O3/c1-4-9(19-5-2)12-16-7-8(13(18)20-6-3)10(17-12)11(14)15/h7,9,11H,4-6H2,1-3H3. The van der Waals surface area contributed by atoms with Crippen LogP contribution in [-0.2, 0) is 9.47 Å². The molecule has 1 aromatic rings. The molecule has 1 heterocycles. The second-order valence-corrected chi connectivity index (χ2v) is 3.90. The first kappa shape index (κ1) is 16.4. The monoisotopic (exact) mass is 288 g/mol. The molecule has 0 spiro atoms. The fourth-order valence-corrected chi connectivity index (χ4v) is 1.67. The second-order valence-electron chi connectivity index (χ2n) is 3.90. The van der Waals surface area contributed by atoms with Crippen molar-refractivity contribution in [2.24, 2.45) is 0 Å². The van der Waals surface area contributed by atoms with Crippen LogP contribution in [-0.4, -0.2) is 29.2 Å². The Morgan fingerprint density at radius 1 is 1.30 bits per heavy atom. The maximum absolute atomic E-state index is 13.0. The van der Waals surface area contributed by atoms with Crippen LogP contribution in [0, 0.1) is 0 Å². The third kappa shape index (κ3) is 3.93. The highest BCUT2D eigenvalue weighted by Gasteiger charge is 2.24. The van der Waals surface area contributed by atoms with E-state index >= 15 is 0 Å². The number of nitrogens with zero attached hydrogens (tertiary/aromatic N) is 2. The molecule has 0 saturated carbocycles. The number of carbonyl (C=O) groups is 1. The minimum atomic E-state index is -2.88. The zero-order valence-corrected chi connectivity index (χ0v) is 11.7. The van der Waals surface area contributed by atoms with Gasteiger partial charge in [0.05, 0.1) is 6.61 Å². The molecule has 0 aliphatic rings. The molecular formula is C13H18F2N2O3. The lowest BCUT2D eigenvalue weighted by molar-refractivity contribution is 0.0484. The van der Waals surface area contributed by atoms with Crippen LogP contribution in [0.4, 0.5) is 8.78 Å². The lowest BCUT2D eigenvalue weighted by Crippen LogP contribution is -2.15. The van der Waals surface area contributed by atoms with E-state index in [0.29, 0.717) is 13.0 Å². The Morgan fingerprint density at radius 2 is 2.00 bits per heavy atom. The van der Waals surface area contributed by atoms with Gasteiger partial charge in [-0.2, -0.15) is 0 Å². The maximum atomic E-state index is 13.0. The summed E-state index contributed by atoms with van der Waals surface area (Å²) < 4.78 is 36.1. The normalized spacial score (nSPS) is 12.5. The summed E-state index contributed by atoms with van der Waals surface area (Å²) in [5, 5.41) is 0. The van der Waals surface area contributed by atoms with E-state index in [9.17, 15) is 13.6 Å². The summed E-state index contributed by atoms with van der Waals surface area (Å²) in [6, 6.07) is 0. The topological polar surface area (TPSA) is 61.3 Å². The van der Waals surface area contributed by atoms with Gasteiger partial charge in [-0.1, -0.05) is 6.92 Å². The Hall–Kier alpha value is -1.63. The maximum Gasteiger partial charge on any atom is 0.341 e. The molecule has 0 bridgehead atoms. The van der Waals surface area contributed by atoms with Crippen molar-refractivity contribution >= 4 is 5.97 Å². The second kappa shape index (κ2) is 7.84. The Kier molecular flexibility index (Phi) is 6.44. The number of halogens is 2. The third-order valence-electron chi connectivity index (χ3n) is 2.57. The molecule has 0 amide bonds. The van der Waals surface area contributed by atoms with Gasteiger partial charge in [-0.25, -0.2) is 23.5 Å². The third-order valence-corrected chi connectivity index (χ3v) is 2.57. The summed E-state index contributed by atoms with van der Waals surface area (Å²) in [5.74, 6) is -0.698. The van der Waals surface area contributed by atoms with E-state index in [0.717, 1.165) is 6.20 Å². The van der Waals surface area contributed by atoms with Gasteiger partial charge in [0.15, 0.2) is 5.82 Å². The van der Waals surface area contributed by atoms with E-state index in [1.165, 1.54) is 0 Å². The molecule has 0 aromatic carbocycles. The van der Waals surface area contributed by atoms with Crippen LogP contribution in [0.5, 0.6) is 0 Å². The van der Waals surface area contributed by atoms with E-state index in [-0.39, 0.29) is 18.0 Å². The Morgan fingerprint density at radius 3 is 2.50 bits per heavy atom. The van der Waals surface area contributed by atoms with Crippen LogP contribution < -0.4 is 0 Å². The lowest BCUT2D eigenvalue weighted by atomic mass is 10.2. The minimum absolute atomic E-state index is 0.0970. The van der Waals surface area contributed by atoms with Crippen molar-refractivity contribution in [3.05, 3.63) is 23.3 Å². The van der Waals surface area contributed by atoms with Gasteiger partial charge in [0.25, 0.3) is 6.43 Å². The number of aromatic nitrogens is 2. The predicted octanol–water partition coefficient (Wildman–Crippen LogP) is 3.08. The predicted molar refractivity (Wildman–Crippen MR) is 67.6 cm³/mol. The van der Waals surface area contributed by atoms with Crippen LogP contribution >= 0.6 is 0 Å². The fourth-order valence-electron chi connectivity index (χ4n) is 1.67. The molecule has 20 heavy (non-hydrogen) atoms. The summed E-state index contributed by atoms with van der Waals surface area (Å²) in [7, 11) is 0. The van der Waals surface area contributed by atoms with Gasteiger partial charge in [-0.05, 0) is 20.3 Å². The van der Waals surface area contributed by atoms with E-state index < -0.39 is 24.2 Å². The molecule has 0 aliphatic carbocycles. The van der Waals surface area contributed by atoms with Gasteiger partial charge in [-0.15, -0.1) is 0 Å². The molecule has 0 radical (unpaired) electrons. The van der Waals surface area contributed by atoms with Crippen LogP contribution in [0.1, 0.15) is 61.6 Å². The molecule has 5 nitrogen and oxygen atoms in total. The van der Waals surface area contributed by atoms with Gasteiger partial charge in [-0.3, -0.25) is 0 Å². The first-order valence-corrected chi connectivity index (χ1v) is 6.48. The molecular weight excluding hydrogens is 270 g/mol. The number of esters is 1. The van der Waals surface area contributed by atoms with Crippen LogP contribution in [0.15, 0.2) is 6.20 Å². The number of rotatable bonds is 7. The number of hydrogen-bond acceptors (Lipinski definition) is 5.